The molecule has 0 fully saturated rings. The molecule has 2 rings (SSSR count). The Balaban J connectivity index is 2.38. The van der Waals surface area contributed by atoms with Crippen LogP contribution < -0.4 is 19.5 Å². The van der Waals surface area contributed by atoms with E-state index >= 15 is 0 Å². The summed E-state index contributed by atoms with van der Waals surface area (Å²) in [6.07, 6.45) is 0. The third-order valence-electron chi connectivity index (χ3n) is 4.25. The number of methoxy groups -OCH3 is 4. The number of carbonyl (C=O) groups excluding carboxylic acids is 1. The Morgan fingerprint density at radius 3 is 2.08 bits per heavy atom. The van der Waals surface area contributed by atoms with Gasteiger partial charge in [0.05, 0.1) is 40.4 Å². The topological polar surface area (TPSA) is 66.0 Å². The zero-order chi connectivity index (χ0) is 19.1. The number of benzene rings is 2. The molecule has 0 aliphatic rings. The summed E-state index contributed by atoms with van der Waals surface area (Å²) in [5.41, 5.74) is 1.75. The lowest BCUT2D eigenvalue weighted by Crippen LogP contribution is -2.26. The number of anilines is 1. The van der Waals surface area contributed by atoms with Gasteiger partial charge < -0.3 is 24.3 Å². The number of hydrogen-bond acceptors (Lipinski definition) is 6. The second-order valence-electron chi connectivity index (χ2n) is 5.78. The van der Waals surface area contributed by atoms with Crippen LogP contribution in [0.15, 0.2) is 42.5 Å². The standard InChI is InChI=1S/C20H25NO5/c1-13(20(22)26-5)19(21-15-7-9-16(23-2)10-8-15)14-6-11-17(24-3)18(12-14)25-4/h6-13,19,21H,1-5H3/t13-,19+/m1/s1. The molecule has 26 heavy (non-hydrogen) atoms. The highest BCUT2D eigenvalue weighted by atomic mass is 16.5. The molecule has 0 radical (unpaired) electrons. The summed E-state index contributed by atoms with van der Waals surface area (Å²) in [5.74, 6) is 1.28. The van der Waals surface area contributed by atoms with Crippen LogP contribution in [0, 0.1) is 5.92 Å². The Morgan fingerprint density at radius 1 is 0.885 bits per heavy atom. The lowest BCUT2D eigenvalue weighted by molar-refractivity contribution is -0.145. The Kier molecular flexibility index (Phi) is 6.72. The predicted molar refractivity (Wildman–Crippen MR) is 100 cm³/mol. The van der Waals surface area contributed by atoms with Gasteiger partial charge in [0.1, 0.15) is 5.75 Å². The van der Waals surface area contributed by atoms with Crippen molar-refractivity contribution in [2.75, 3.05) is 33.8 Å². The average Bonchev–Trinajstić information content (AvgIpc) is 2.70. The number of esters is 1. The molecule has 140 valence electrons. The summed E-state index contributed by atoms with van der Waals surface area (Å²) < 4.78 is 20.8. The second-order valence-corrected chi connectivity index (χ2v) is 5.78. The first kappa shape index (κ1) is 19.4. The first-order chi connectivity index (χ1) is 12.5. The number of nitrogens with one attached hydrogen (secondary N) is 1. The van der Waals surface area contributed by atoms with Gasteiger partial charge in [0.15, 0.2) is 11.5 Å². The predicted octanol–water partition coefficient (Wildman–Crippen LogP) is 3.67. The summed E-state index contributed by atoms with van der Waals surface area (Å²) in [7, 11) is 6.17. The summed E-state index contributed by atoms with van der Waals surface area (Å²) >= 11 is 0. The molecule has 6 heteroatoms. The molecular weight excluding hydrogens is 334 g/mol. The van der Waals surface area contributed by atoms with Crippen LogP contribution in [0.1, 0.15) is 18.5 Å². The lowest BCUT2D eigenvalue weighted by atomic mass is 9.93. The summed E-state index contributed by atoms with van der Waals surface area (Å²) in [6, 6.07) is 12.8. The van der Waals surface area contributed by atoms with Gasteiger partial charge in [-0.05, 0) is 48.9 Å². The van der Waals surface area contributed by atoms with Crippen LogP contribution in [0.5, 0.6) is 17.2 Å². The molecular formula is C20H25NO5. The molecule has 0 saturated heterocycles. The van der Waals surface area contributed by atoms with Crippen molar-refractivity contribution >= 4 is 11.7 Å². The van der Waals surface area contributed by atoms with Gasteiger partial charge in [-0.3, -0.25) is 4.79 Å². The van der Waals surface area contributed by atoms with Crippen molar-refractivity contribution < 1.29 is 23.7 Å². The van der Waals surface area contributed by atoms with Gasteiger partial charge in [-0.1, -0.05) is 6.07 Å². The van der Waals surface area contributed by atoms with Crippen molar-refractivity contribution in [3.63, 3.8) is 0 Å². The number of ether oxygens (including phenoxy) is 4. The third kappa shape index (κ3) is 4.39. The van der Waals surface area contributed by atoms with Crippen LogP contribution in [-0.2, 0) is 9.53 Å². The average molecular weight is 359 g/mol. The zero-order valence-electron chi connectivity index (χ0n) is 15.7. The molecule has 0 aliphatic carbocycles. The largest absolute Gasteiger partial charge is 0.497 e. The first-order valence-electron chi connectivity index (χ1n) is 8.24. The molecule has 0 amide bonds. The molecule has 2 aromatic rings. The molecule has 2 aromatic carbocycles. The van der Waals surface area contributed by atoms with E-state index in [1.807, 2.05) is 49.4 Å². The van der Waals surface area contributed by atoms with Crippen LogP contribution >= 0.6 is 0 Å². The summed E-state index contributed by atoms with van der Waals surface area (Å²) in [5, 5.41) is 3.40. The van der Waals surface area contributed by atoms with E-state index in [1.54, 1.807) is 21.3 Å². The van der Waals surface area contributed by atoms with E-state index in [0.717, 1.165) is 17.0 Å². The van der Waals surface area contributed by atoms with Crippen LogP contribution in [0.2, 0.25) is 0 Å². The van der Waals surface area contributed by atoms with Gasteiger partial charge in [0, 0.05) is 5.69 Å². The molecule has 0 heterocycles. The van der Waals surface area contributed by atoms with E-state index in [4.69, 9.17) is 18.9 Å². The number of hydrogen-bond donors (Lipinski definition) is 1. The maximum atomic E-state index is 12.2. The molecule has 6 nitrogen and oxygen atoms in total. The molecule has 0 bridgehead atoms. The van der Waals surface area contributed by atoms with Crippen LogP contribution in [0.25, 0.3) is 0 Å². The van der Waals surface area contributed by atoms with E-state index < -0.39 is 5.92 Å². The minimum atomic E-state index is -0.416. The van der Waals surface area contributed by atoms with Gasteiger partial charge in [0.25, 0.3) is 0 Å². The van der Waals surface area contributed by atoms with Gasteiger partial charge in [-0.25, -0.2) is 0 Å². The quantitative estimate of drug-likeness (QED) is 0.726. The molecule has 0 aromatic heterocycles. The van der Waals surface area contributed by atoms with E-state index in [-0.39, 0.29) is 12.0 Å². The summed E-state index contributed by atoms with van der Waals surface area (Å²) in [4.78, 5) is 12.2. The van der Waals surface area contributed by atoms with E-state index in [9.17, 15) is 4.79 Å². The molecule has 1 N–H and O–H groups in total. The smallest absolute Gasteiger partial charge is 0.310 e. The van der Waals surface area contributed by atoms with Gasteiger partial charge in [-0.2, -0.15) is 0 Å². The Bertz CT molecular complexity index is 729. The Hall–Kier alpha value is -2.89. The highest BCUT2D eigenvalue weighted by Gasteiger charge is 2.27. The van der Waals surface area contributed by atoms with Crippen molar-refractivity contribution in [3.8, 4) is 17.2 Å². The fraction of sp³-hybridized carbons (Fsp3) is 0.350. The van der Waals surface area contributed by atoms with Crippen molar-refractivity contribution in [1.29, 1.82) is 0 Å². The highest BCUT2D eigenvalue weighted by Crippen LogP contribution is 2.34. The SMILES string of the molecule is COC(=O)[C@H](C)[C@H](Nc1ccc(OC)cc1)c1ccc(OC)c(OC)c1. The summed E-state index contributed by atoms with van der Waals surface area (Å²) in [6.45, 7) is 1.82. The van der Waals surface area contributed by atoms with Crippen molar-refractivity contribution in [2.24, 2.45) is 5.92 Å². The van der Waals surface area contributed by atoms with E-state index in [0.29, 0.717) is 11.5 Å². The fourth-order valence-corrected chi connectivity index (χ4v) is 2.73. The van der Waals surface area contributed by atoms with Crippen LogP contribution in [0.4, 0.5) is 5.69 Å². The fourth-order valence-electron chi connectivity index (χ4n) is 2.73. The van der Waals surface area contributed by atoms with Crippen LogP contribution in [-0.4, -0.2) is 34.4 Å². The minimum Gasteiger partial charge on any atom is -0.497 e. The molecule has 0 saturated carbocycles. The molecule has 2 atom stereocenters. The monoisotopic (exact) mass is 359 g/mol. The van der Waals surface area contributed by atoms with E-state index in [2.05, 4.69) is 5.32 Å². The zero-order valence-corrected chi connectivity index (χ0v) is 15.7. The first-order valence-corrected chi connectivity index (χ1v) is 8.24. The van der Waals surface area contributed by atoms with E-state index in [1.165, 1.54) is 7.11 Å². The maximum absolute atomic E-state index is 12.2. The van der Waals surface area contributed by atoms with Gasteiger partial charge >= 0.3 is 5.97 Å². The maximum Gasteiger partial charge on any atom is 0.310 e. The second kappa shape index (κ2) is 8.99. The minimum absolute atomic E-state index is 0.300. The molecule has 0 unspecified atom stereocenters. The number of rotatable bonds is 8. The van der Waals surface area contributed by atoms with Gasteiger partial charge in [0.2, 0.25) is 0 Å². The molecule has 0 spiro atoms. The third-order valence-corrected chi connectivity index (χ3v) is 4.25. The van der Waals surface area contributed by atoms with Crippen molar-refractivity contribution in [1.82, 2.24) is 0 Å². The highest BCUT2D eigenvalue weighted by molar-refractivity contribution is 5.74. The van der Waals surface area contributed by atoms with Gasteiger partial charge in [-0.15, -0.1) is 0 Å². The van der Waals surface area contributed by atoms with Crippen molar-refractivity contribution in [3.05, 3.63) is 48.0 Å². The normalized spacial score (nSPS) is 12.7. The van der Waals surface area contributed by atoms with Crippen LogP contribution in [0.3, 0.4) is 0 Å². The molecule has 0 aliphatic heterocycles. The van der Waals surface area contributed by atoms with Crippen molar-refractivity contribution in [2.45, 2.75) is 13.0 Å². The number of carbonyl (C=O) groups is 1. The lowest BCUT2D eigenvalue weighted by Gasteiger charge is -2.26. The Morgan fingerprint density at radius 2 is 1.54 bits per heavy atom. The Labute approximate surface area is 154 Å².